The van der Waals surface area contributed by atoms with Crippen LogP contribution in [0.4, 0.5) is 15.3 Å². The zero-order chi connectivity index (χ0) is 23.5. The van der Waals surface area contributed by atoms with Crippen LogP contribution in [0.3, 0.4) is 0 Å². The van der Waals surface area contributed by atoms with Gasteiger partial charge in [0, 0.05) is 41.6 Å². The predicted octanol–water partition coefficient (Wildman–Crippen LogP) is 4.83. The van der Waals surface area contributed by atoms with Crippen molar-refractivity contribution in [1.82, 2.24) is 4.90 Å². The number of hydrogen-bond donors (Lipinski definition) is 0. The number of rotatable bonds is 5. The molecule has 1 fully saturated rings. The van der Waals surface area contributed by atoms with Gasteiger partial charge in [-0.25, -0.2) is 9.00 Å². The Morgan fingerprint density at radius 3 is 2.45 bits per heavy atom. The van der Waals surface area contributed by atoms with Gasteiger partial charge in [-0.15, -0.1) is 0 Å². The molecule has 174 valence electrons. The lowest BCUT2D eigenvalue weighted by atomic mass is 9.99. The molecule has 2 heterocycles. The zero-order valence-electron chi connectivity index (χ0n) is 18.9. The maximum atomic E-state index is 12.9. The van der Waals surface area contributed by atoms with Crippen LogP contribution in [0.15, 0.2) is 47.4 Å². The SMILES string of the molecule is CCCC(=O)c1ccc(S(=O)C(=O)N2CCC(N3C(=O)OCc4cccc(C)c43)CC2)cc1. The van der Waals surface area contributed by atoms with E-state index in [0.29, 0.717) is 42.8 Å². The van der Waals surface area contributed by atoms with Gasteiger partial charge in [-0.2, -0.15) is 0 Å². The van der Waals surface area contributed by atoms with Crippen molar-refractivity contribution in [1.29, 1.82) is 0 Å². The summed E-state index contributed by atoms with van der Waals surface area (Å²) in [5.74, 6) is 0.0382. The molecule has 4 rings (SSSR count). The lowest BCUT2D eigenvalue weighted by Crippen LogP contribution is -2.51. The predicted molar refractivity (Wildman–Crippen MR) is 126 cm³/mol. The van der Waals surface area contributed by atoms with Gasteiger partial charge in [0.15, 0.2) is 5.78 Å². The Bertz CT molecular complexity index is 1090. The molecule has 1 unspecified atom stereocenters. The van der Waals surface area contributed by atoms with Gasteiger partial charge in [0.2, 0.25) is 0 Å². The number of ether oxygens (including phenoxy) is 1. The van der Waals surface area contributed by atoms with Crippen LogP contribution in [0, 0.1) is 6.92 Å². The molecule has 0 bridgehead atoms. The van der Waals surface area contributed by atoms with Crippen LogP contribution >= 0.6 is 0 Å². The number of fused-ring (bicyclic) bond motifs is 1. The van der Waals surface area contributed by atoms with Crippen molar-refractivity contribution in [2.75, 3.05) is 18.0 Å². The highest BCUT2D eigenvalue weighted by molar-refractivity contribution is 8.00. The second-order valence-corrected chi connectivity index (χ2v) is 9.82. The van der Waals surface area contributed by atoms with Crippen LogP contribution in [-0.4, -0.2) is 45.4 Å². The first-order chi connectivity index (χ1) is 15.9. The number of para-hydroxylation sites is 1. The zero-order valence-corrected chi connectivity index (χ0v) is 19.7. The monoisotopic (exact) mass is 468 g/mol. The first kappa shape index (κ1) is 23.2. The fraction of sp³-hybridized carbons (Fsp3) is 0.400. The minimum atomic E-state index is -1.84. The van der Waals surface area contributed by atoms with Crippen molar-refractivity contribution in [3.8, 4) is 0 Å². The topological polar surface area (TPSA) is 84.0 Å². The molecule has 2 aromatic carbocycles. The number of amides is 2. The van der Waals surface area contributed by atoms with E-state index in [2.05, 4.69) is 0 Å². The third-order valence-electron chi connectivity index (χ3n) is 6.22. The largest absolute Gasteiger partial charge is 0.444 e. The van der Waals surface area contributed by atoms with Gasteiger partial charge in [-0.3, -0.25) is 14.5 Å². The average molecular weight is 469 g/mol. The van der Waals surface area contributed by atoms with E-state index in [9.17, 15) is 18.6 Å². The van der Waals surface area contributed by atoms with Crippen LogP contribution < -0.4 is 4.90 Å². The lowest BCUT2D eigenvalue weighted by molar-refractivity contribution is 0.0981. The average Bonchev–Trinajstić information content (AvgIpc) is 2.84. The summed E-state index contributed by atoms with van der Waals surface area (Å²) in [5, 5.41) is -0.445. The number of nitrogens with zero attached hydrogens (tertiary/aromatic N) is 2. The smallest absolute Gasteiger partial charge is 0.414 e. The number of carbonyl (C=O) groups is 3. The fourth-order valence-electron chi connectivity index (χ4n) is 4.47. The molecule has 8 heteroatoms. The van der Waals surface area contributed by atoms with Crippen LogP contribution in [0.2, 0.25) is 0 Å². The molecular formula is C25H28N2O5S. The van der Waals surface area contributed by atoms with E-state index in [1.807, 2.05) is 32.0 Å². The van der Waals surface area contributed by atoms with Crippen molar-refractivity contribution in [3.63, 3.8) is 0 Å². The number of hydrogen-bond acceptors (Lipinski definition) is 5. The van der Waals surface area contributed by atoms with Gasteiger partial charge in [0.25, 0.3) is 0 Å². The minimum absolute atomic E-state index is 0.0382. The number of Topliss-reactive ketones (excluding diaryl/α,β-unsaturated/α-hetero) is 1. The van der Waals surface area contributed by atoms with Crippen molar-refractivity contribution >= 4 is 33.6 Å². The molecule has 1 atom stereocenters. The summed E-state index contributed by atoms with van der Waals surface area (Å²) in [5.41, 5.74) is 3.47. The number of anilines is 1. The third-order valence-corrected chi connectivity index (χ3v) is 7.50. The lowest BCUT2D eigenvalue weighted by Gasteiger charge is -2.40. The van der Waals surface area contributed by atoms with E-state index >= 15 is 0 Å². The molecule has 0 aromatic heterocycles. The van der Waals surface area contributed by atoms with Gasteiger partial charge in [0.1, 0.15) is 17.4 Å². The normalized spacial score (nSPS) is 17.3. The Hall–Kier alpha value is -3.00. The van der Waals surface area contributed by atoms with Crippen molar-refractivity contribution in [2.24, 2.45) is 0 Å². The molecule has 0 aliphatic carbocycles. The van der Waals surface area contributed by atoms with Crippen molar-refractivity contribution in [2.45, 2.75) is 57.1 Å². The molecule has 0 saturated carbocycles. The summed E-state index contributed by atoms with van der Waals surface area (Å²) in [4.78, 5) is 41.2. The van der Waals surface area contributed by atoms with E-state index in [1.54, 1.807) is 34.1 Å². The van der Waals surface area contributed by atoms with E-state index < -0.39 is 16.0 Å². The van der Waals surface area contributed by atoms with E-state index in [1.165, 1.54) is 0 Å². The minimum Gasteiger partial charge on any atom is -0.444 e. The van der Waals surface area contributed by atoms with Crippen LogP contribution in [-0.2, 0) is 22.1 Å². The van der Waals surface area contributed by atoms with Crippen LogP contribution in [0.25, 0.3) is 0 Å². The molecule has 7 nitrogen and oxygen atoms in total. The quantitative estimate of drug-likeness (QED) is 0.587. The summed E-state index contributed by atoms with van der Waals surface area (Å²) >= 11 is 0. The maximum absolute atomic E-state index is 12.9. The summed E-state index contributed by atoms with van der Waals surface area (Å²) in [6.45, 7) is 5.01. The molecule has 33 heavy (non-hydrogen) atoms. The number of piperidine rings is 1. The van der Waals surface area contributed by atoms with Crippen LogP contribution in [0.1, 0.15) is 54.1 Å². The summed E-state index contributed by atoms with van der Waals surface area (Å²) < 4.78 is 18.2. The first-order valence-electron chi connectivity index (χ1n) is 11.3. The van der Waals surface area contributed by atoms with Gasteiger partial charge in [0.05, 0.1) is 5.69 Å². The molecule has 0 radical (unpaired) electrons. The fourth-order valence-corrected chi connectivity index (χ4v) is 5.48. The number of cyclic esters (lactones) is 1. The number of carbonyl (C=O) groups excluding carboxylic acids is 3. The Morgan fingerprint density at radius 1 is 1.09 bits per heavy atom. The van der Waals surface area contributed by atoms with Gasteiger partial charge >= 0.3 is 11.3 Å². The van der Waals surface area contributed by atoms with Crippen LogP contribution in [0.5, 0.6) is 0 Å². The first-order valence-corrected chi connectivity index (χ1v) is 12.4. The third kappa shape index (κ3) is 4.71. The molecule has 2 amide bonds. The number of benzene rings is 2. The summed E-state index contributed by atoms with van der Waals surface area (Å²) in [6, 6.07) is 12.3. The van der Waals surface area contributed by atoms with Crippen molar-refractivity contribution < 1.29 is 23.3 Å². The van der Waals surface area contributed by atoms with Gasteiger partial charge < -0.3 is 9.64 Å². The highest BCUT2D eigenvalue weighted by Gasteiger charge is 2.36. The molecular weight excluding hydrogens is 440 g/mol. The van der Waals surface area contributed by atoms with E-state index in [0.717, 1.165) is 23.2 Å². The second-order valence-electron chi connectivity index (χ2n) is 8.46. The standard InChI is InChI=1S/C25H28N2O5S/c1-3-5-22(28)18-8-10-21(11-9-18)33(31)25(30)26-14-12-20(13-15-26)27-23-17(2)6-4-7-19(23)16-32-24(27)29/h4,6-11,20H,3,5,12-16H2,1-2H3. The summed E-state index contributed by atoms with van der Waals surface area (Å²) in [6.07, 6.45) is 2.03. The van der Waals surface area contributed by atoms with E-state index in [4.69, 9.17) is 4.74 Å². The molecule has 0 spiro atoms. The summed E-state index contributed by atoms with van der Waals surface area (Å²) in [7, 11) is -1.84. The Labute approximate surface area is 196 Å². The van der Waals surface area contributed by atoms with Crippen molar-refractivity contribution in [3.05, 3.63) is 59.2 Å². The Kier molecular flexibility index (Phi) is 6.93. The number of likely N-dealkylation sites (tertiary alicyclic amines) is 1. The molecule has 2 aliphatic heterocycles. The number of aryl methyl sites for hydroxylation is 1. The Balaban J connectivity index is 1.41. The number of ketones is 1. The van der Waals surface area contributed by atoms with E-state index in [-0.39, 0.29) is 24.5 Å². The second kappa shape index (κ2) is 9.87. The highest BCUT2D eigenvalue weighted by Crippen LogP contribution is 2.34. The molecule has 2 aliphatic rings. The van der Waals surface area contributed by atoms with Gasteiger partial charge in [-0.05, 0) is 43.9 Å². The Morgan fingerprint density at radius 2 is 1.79 bits per heavy atom. The van der Waals surface area contributed by atoms with Gasteiger partial charge in [-0.1, -0.05) is 37.3 Å². The molecule has 1 saturated heterocycles. The molecule has 2 aromatic rings. The maximum Gasteiger partial charge on any atom is 0.414 e. The molecule has 0 N–H and O–H groups in total. The highest BCUT2D eigenvalue weighted by atomic mass is 32.2.